The van der Waals surface area contributed by atoms with Gasteiger partial charge in [0.1, 0.15) is 0 Å². The average Bonchev–Trinajstić information content (AvgIpc) is 3.02. The van der Waals surface area contributed by atoms with Crippen LogP contribution >= 0.6 is 54.5 Å². The smallest absolute Gasteiger partial charge is 0.0761 e. The molecule has 1 nitrogen and oxygen atoms in total. The summed E-state index contributed by atoms with van der Waals surface area (Å²) >= 11 is 10.8. The quantitative estimate of drug-likeness (QED) is 0.520. The van der Waals surface area contributed by atoms with Crippen LogP contribution in [-0.2, 0) is 0 Å². The zero-order chi connectivity index (χ0) is 14.1. The van der Waals surface area contributed by atoms with E-state index in [9.17, 15) is 0 Å². The Balaban J connectivity index is 2.15. The predicted octanol–water partition coefficient (Wildman–Crippen LogP) is 6.19. The lowest BCUT2D eigenvalue weighted by molar-refractivity contribution is 0.635. The summed E-state index contributed by atoms with van der Waals surface area (Å²) in [6.45, 7) is 3.09. The molecular weight excluding hydrogens is 418 g/mol. The number of thiophene rings is 2. The minimum Gasteiger partial charge on any atom is -0.306 e. The van der Waals surface area contributed by atoms with Gasteiger partial charge in [-0.15, -0.1) is 22.7 Å². The maximum Gasteiger partial charge on any atom is 0.0761 e. The van der Waals surface area contributed by atoms with Crippen LogP contribution in [-0.4, -0.2) is 6.54 Å². The van der Waals surface area contributed by atoms with Crippen LogP contribution in [0.4, 0.5) is 0 Å². The molecule has 0 spiro atoms. The van der Waals surface area contributed by atoms with Crippen LogP contribution in [0.25, 0.3) is 10.1 Å². The van der Waals surface area contributed by atoms with E-state index in [1.807, 2.05) is 11.3 Å². The van der Waals surface area contributed by atoms with Gasteiger partial charge in [-0.2, -0.15) is 0 Å². The number of rotatable bonds is 4. The van der Waals surface area contributed by atoms with E-state index in [4.69, 9.17) is 0 Å². The van der Waals surface area contributed by atoms with Crippen molar-refractivity contribution in [1.82, 2.24) is 5.32 Å². The molecule has 0 aliphatic carbocycles. The molecule has 0 aliphatic heterocycles. The highest BCUT2D eigenvalue weighted by Crippen LogP contribution is 2.40. The van der Waals surface area contributed by atoms with Crippen molar-refractivity contribution in [3.63, 3.8) is 0 Å². The molecule has 0 bridgehead atoms. The second-order valence-electron chi connectivity index (χ2n) is 4.46. The van der Waals surface area contributed by atoms with Crippen LogP contribution in [0.2, 0.25) is 0 Å². The Morgan fingerprint density at radius 1 is 1.20 bits per heavy atom. The van der Waals surface area contributed by atoms with Gasteiger partial charge >= 0.3 is 0 Å². The Hall–Kier alpha value is -0.200. The second kappa shape index (κ2) is 6.28. The molecule has 0 saturated heterocycles. The van der Waals surface area contributed by atoms with E-state index in [2.05, 4.69) is 79.8 Å². The molecule has 1 unspecified atom stereocenters. The first-order valence-corrected chi connectivity index (χ1v) is 9.63. The van der Waals surface area contributed by atoms with E-state index in [0.717, 1.165) is 10.3 Å². The third-order valence-corrected chi connectivity index (χ3v) is 6.59. The van der Waals surface area contributed by atoms with Crippen molar-refractivity contribution in [2.24, 2.45) is 0 Å². The lowest BCUT2D eigenvalue weighted by atomic mass is 10.00. The summed E-state index contributed by atoms with van der Waals surface area (Å²) in [5.74, 6) is 0. The monoisotopic (exact) mass is 429 g/mol. The normalized spacial score (nSPS) is 12.9. The summed E-state index contributed by atoms with van der Waals surface area (Å²) in [5, 5.41) is 7.10. The number of halogens is 2. The number of hydrogen-bond donors (Lipinski definition) is 1. The molecule has 1 atom stereocenters. The standard InChI is InChI=1S/C15H13Br2NS2/c1-2-18-13(11-8-12(16)20-15(11)17)10-5-3-4-9-6-7-19-14(9)10/h3-8,13,18H,2H2,1H3. The third kappa shape index (κ3) is 2.74. The molecular formula is C15H13Br2NS2. The van der Waals surface area contributed by atoms with E-state index in [1.165, 1.54) is 25.0 Å². The van der Waals surface area contributed by atoms with Crippen molar-refractivity contribution in [3.05, 3.63) is 54.4 Å². The van der Waals surface area contributed by atoms with Gasteiger partial charge in [0.25, 0.3) is 0 Å². The molecule has 2 heterocycles. The highest BCUT2D eigenvalue weighted by Gasteiger charge is 2.20. The van der Waals surface area contributed by atoms with Crippen molar-refractivity contribution < 1.29 is 0 Å². The van der Waals surface area contributed by atoms with Gasteiger partial charge in [-0.3, -0.25) is 0 Å². The SMILES string of the molecule is CCNC(c1cc(Br)sc1Br)c1cccc2ccsc12. The van der Waals surface area contributed by atoms with Gasteiger partial charge in [0, 0.05) is 4.70 Å². The number of nitrogens with one attached hydrogen (secondary N) is 1. The van der Waals surface area contributed by atoms with Gasteiger partial charge in [0.2, 0.25) is 0 Å². The van der Waals surface area contributed by atoms with Crippen LogP contribution < -0.4 is 5.32 Å². The van der Waals surface area contributed by atoms with Crippen LogP contribution in [0.3, 0.4) is 0 Å². The predicted molar refractivity (Wildman–Crippen MR) is 97.1 cm³/mol. The van der Waals surface area contributed by atoms with Crippen LogP contribution in [0, 0.1) is 0 Å². The molecule has 1 aromatic carbocycles. The van der Waals surface area contributed by atoms with Gasteiger partial charge in [0.15, 0.2) is 0 Å². The Morgan fingerprint density at radius 3 is 2.75 bits per heavy atom. The number of fused-ring (bicyclic) bond motifs is 1. The molecule has 3 aromatic rings. The lowest BCUT2D eigenvalue weighted by Crippen LogP contribution is -2.21. The fraction of sp³-hybridized carbons (Fsp3) is 0.200. The first kappa shape index (κ1) is 14.7. The first-order chi connectivity index (χ1) is 9.70. The zero-order valence-corrected chi connectivity index (χ0v) is 15.6. The second-order valence-corrected chi connectivity index (χ2v) is 9.12. The molecule has 5 heteroatoms. The highest BCUT2D eigenvalue weighted by molar-refractivity contribution is 9.12. The van der Waals surface area contributed by atoms with Crippen LogP contribution in [0.5, 0.6) is 0 Å². The summed E-state index contributed by atoms with van der Waals surface area (Å²) in [6, 6.07) is 11.2. The largest absolute Gasteiger partial charge is 0.306 e. The molecule has 104 valence electrons. The fourth-order valence-electron chi connectivity index (χ4n) is 2.38. The summed E-state index contributed by atoms with van der Waals surface area (Å²) in [6.07, 6.45) is 0. The Morgan fingerprint density at radius 2 is 2.05 bits per heavy atom. The molecule has 0 fully saturated rings. The molecule has 0 radical (unpaired) electrons. The van der Waals surface area contributed by atoms with Crippen molar-refractivity contribution >= 4 is 64.6 Å². The van der Waals surface area contributed by atoms with Gasteiger partial charge in [-0.05, 0) is 72.4 Å². The van der Waals surface area contributed by atoms with E-state index < -0.39 is 0 Å². The van der Waals surface area contributed by atoms with E-state index in [-0.39, 0.29) is 6.04 Å². The van der Waals surface area contributed by atoms with Crippen molar-refractivity contribution in [3.8, 4) is 0 Å². The Bertz CT molecular complexity index is 732. The fourth-order valence-corrected chi connectivity index (χ4v) is 6.23. The molecule has 20 heavy (non-hydrogen) atoms. The lowest BCUT2D eigenvalue weighted by Gasteiger charge is -2.19. The van der Waals surface area contributed by atoms with Gasteiger partial charge in [-0.1, -0.05) is 25.1 Å². The summed E-state index contributed by atoms with van der Waals surface area (Å²) in [7, 11) is 0. The van der Waals surface area contributed by atoms with E-state index >= 15 is 0 Å². The van der Waals surface area contributed by atoms with Gasteiger partial charge in [-0.25, -0.2) is 0 Å². The Kier molecular flexibility index (Phi) is 4.62. The van der Waals surface area contributed by atoms with Gasteiger partial charge in [0.05, 0.1) is 13.6 Å². The van der Waals surface area contributed by atoms with Crippen LogP contribution in [0.15, 0.2) is 43.3 Å². The highest BCUT2D eigenvalue weighted by atomic mass is 79.9. The van der Waals surface area contributed by atoms with Crippen molar-refractivity contribution in [2.45, 2.75) is 13.0 Å². The topological polar surface area (TPSA) is 12.0 Å². The number of hydrogen-bond acceptors (Lipinski definition) is 3. The van der Waals surface area contributed by atoms with E-state index in [1.54, 1.807) is 11.3 Å². The average molecular weight is 431 g/mol. The Labute approximate surface area is 143 Å². The number of benzene rings is 1. The summed E-state index contributed by atoms with van der Waals surface area (Å²) < 4.78 is 3.71. The van der Waals surface area contributed by atoms with Crippen molar-refractivity contribution in [1.29, 1.82) is 0 Å². The third-order valence-electron chi connectivity index (χ3n) is 3.22. The maximum absolute atomic E-state index is 3.69. The van der Waals surface area contributed by atoms with Crippen LogP contribution in [0.1, 0.15) is 24.1 Å². The molecule has 0 amide bonds. The molecule has 1 N–H and O–H groups in total. The summed E-state index contributed by atoms with van der Waals surface area (Å²) in [4.78, 5) is 0. The molecule has 3 rings (SSSR count). The molecule has 0 saturated carbocycles. The van der Waals surface area contributed by atoms with Gasteiger partial charge < -0.3 is 5.32 Å². The first-order valence-electron chi connectivity index (χ1n) is 6.35. The minimum absolute atomic E-state index is 0.222. The summed E-state index contributed by atoms with van der Waals surface area (Å²) in [5.41, 5.74) is 2.65. The van der Waals surface area contributed by atoms with E-state index in [0.29, 0.717) is 0 Å². The molecule has 0 aliphatic rings. The zero-order valence-electron chi connectivity index (χ0n) is 10.8. The minimum atomic E-state index is 0.222. The van der Waals surface area contributed by atoms with Crippen molar-refractivity contribution in [2.75, 3.05) is 6.54 Å². The molecule has 2 aromatic heterocycles. The maximum atomic E-state index is 3.69.